The zero-order chi connectivity index (χ0) is 15.9. The van der Waals surface area contributed by atoms with E-state index < -0.39 is 35.2 Å². The molecule has 9 heteroatoms. The third-order valence-electron chi connectivity index (χ3n) is 3.43. The highest BCUT2D eigenvalue weighted by Gasteiger charge is 2.39. The van der Waals surface area contributed by atoms with Crippen molar-refractivity contribution in [1.29, 1.82) is 0 Å². The number of carbonyl (C=O) groups excluding carboxylic acids is 1. The van der Waals surface area contributed by atoms with Gasteiger partial charge in [-0.15, -0.1) is 0 Å². The van der Waals surface area contributed by atoms with E-state index in [4.69, 9.17) is 0 Å². The highest BCUT2D eigenvalue weighted by Crippen LogP contribution is 2.29. The van der Waals surface area contributed by atoms with Crippen LogP contribution >= 0.6 is 0 Å². The van der Waals surface area contributed by atoms with Crippen molar-refractivity contribution in [3.63, 3.8) is 0 Å². The summed E-state index contributed by atoms with van der Waals surface area (Å²) in [6.45, 7) is 0.0590. The fourth-order valence-corrected chi connectivity index (χ4v) is 2.45. The van der Waals surface area contributed by atoms with Crippen LogP contribution in [0.4, 0.5) is 8.78 Å². The number of aromatic nitrogens is 3. The van der Waals surface area contributed by atoms with E-state index in [0.29, 0.717) is 24.4 Å². The van der Waals surface area contributed by atoms with E-state index in [2.05, 4.69) is 15.0 Å². The van der Waals surface area contributed by atoms with E-state index in [9.17, 15) is 23.5 Å². The van der Waals surface area contributed by atoms with Crippen LogP contribution in [0.5, 0.6) is 0 Å². The summed E-state index contributed by atoms with van der Waals surface area (Å²) >= 11 is 0. The lowest BCUT2D eigenvalue weighted by Crippen LogP contribution is -2.44. The molecule has 2 aromatic heterocycles. The molecule has 3 heterocycles. The van der Waals surface area contributed by atoms with Gasteiger partial charge in [0.2, 0.25) is 0 Å². The van der Waals surface area contributed by atoms with Gasteiger partial charge in [0.25, 0.3) is 5.91 Å². The summed E-state index contributed by atoms with van der Waals surface area (Å²) in [7, 11) is 0. The molecule has 1 atom stereocenters. The number of nitrogens with zero attached hydrogens (tertiary/aromatic N) is 3. The van der Waals surface area contributed by atoms with E-state index >= 15 is 0 Å². The minimum atomic E-state index is -1.34. The summed E-state index contributed by atoms with van der Waals surface area (Å²) < 4.78 is 26.6. The maximum atomic E-state index is 13.7. The van der Waals surface area contributed by atoms with Gasteiger partial charge in [-0.25, -0.2) is 23.5 Å². The van der Waals surface area contributed by atoms with Gasteiger partial charge in [0.05, 0.1) is 18.2 Å². The van der Waals surface area contributed by atoms with Crippen LogP contribution in [0, 0.1) is 11.6 Å². The Bertz CT molecular complexity index is 761. The molecule has 0 saturated heterocycles. The van der Waals surface area contributed by atoms with Crippen molar-refractivity contribution in [3.05, 3.63) is 47.3 Å². The maximum absolute atomic E-state index is 13.7. The number of hydrogen-bond acceptors (Lipinski definition) is 4. The Hall–Kier alpha value is -2.84. The lowest BCUT2D eigenvalue weighted by atomic mass is 10.0. The molecule has 2 N–H and O–H groups in total. The maximum Gasteiger partial charge on any atom is 0.332 e. The summed E-state index contributed by atoms with van der Waals surface area (Å²) in [5, 5.41) is 9.36. The van der Waals surface area contributed by atoms with Crippen LogP contribution in [-0.2, 0) is 11.2 Å². The van der Waals surface area contributed by atoms with Crippen molar-refractivity contribution < 1.29 is 23.5 Å². The first-order valence-electron chi connectivity index (χ1n) is 6.36. The van der Waals surface area contributed by atoms with Gasteiger partial charge < -0.3 is 15.0 Å². The summed E-state index contributed by atoms with van der Waals surface area (Å²) in [5.74, 6) is -4.26. The number of aromatic amines is 1. The molecule has 0 aromatic carbocycles. The van der Waals surface area contributed by atoms with E-state index in [1.807, 2.05) is 0 Å². The van der Waals surface area contributed by atoms with Crippen molar-refractivity contribution in [3.8, 4) is 0 Å². The van der Waals surface area contributed by atoms with Crippen LogP contribution in [0.3, 0.4) is 0 Å². The molecule has 0 radical (unpaired) electrons. The topological polar surface area (TPSA) is 99.2 Å². The summed E-state index contributed by atoms with van der Waals surface area (Å²) in [6, 6.07) is -0.811. The predicted molar refractivity (Wildman–Crippen MR) is 67.9 cm³/mol. The van der Waals surface area contributed by atoms with Crippen molar-refractivity contribution in [1.82, 2.24) is 19.9 Å². The van der Waals surface area contributed by atoms with E-state index in [1.54, 1.807) is 0 Å². The number of pyridine rings is 1. The van der Waals surface area contributed by atoms with Crippen LogP contribution in [0.1, 0.15) is 27.9 Å². The van der Waals surface area contributed by atoms with Gasteiger partial charge in [-0.3, -0.25) is 4.79 Å². The van der Waals surface area contributed by atoms with Gasteiger partial charge in [0, 0.05) is 24.7 Å². The fourth-order valence-electron chi connectivity index (χ4n) is 2.45. The molecule has 0 saturated carbocycles. The number of carbonyl (C=O) groups is 2. The molecule has 0 aliphatic carbocycles. The molecule has 2 aromatic rings. The Morgan fingerprint density at radius 1 is 1.36 bits per heavy atom. The van der Waals surface area contributed by atoms with Gasteiger partial charge in [-0.05, 0) is 0 Å². The number of imidazole rings is 1. The van der Waals surface area contributed by atoms with Gasteiger partial charge >= 0.3 is 5.97 Å². The number of H-pyrrole nitrogens is 1. The number of fused-ring (bicyclic) bond motifs is 1. The van der Waals surface area contributed by atoms with Gasteiger partial charge in [-0.1, -0.05) is 0 Å². The van der Waals surface area contributed by atoms with Crippen LogP contribution in [0.2, 0.25) is 0 Å². The molecule has 1 aliphatic rings. The quantitative estimate of drug-likeness (QED) is 0.859. The van der Waals surface area contributed by atoms with Crippen molar-refractivity contribution in [2.75, 3.05) is 6.54 Å². The molecule has 7 nitrogen and oxygen atoms in total. The molecule has 0 spiro atoms. The molecule has 0 bridgehead atoms. The zero-order valence-electron chi connectivity index (χ0n) is 11.1. The summed E-state index contributed by atoms with van der Waals surface area (Å²) in [4.78, 5) is 35.0. The molecule has 1 unspecified atom stereocenters. The Labute approximate surface area is 122 Å². The molecule has 3 rings (SSSR count). The molecular weight excluding hydrogens is 298 g/mol. The number of carboxylic acid groups (broad SMARTS) is 1. The zero-order valence-corrected chi connectivity index (χ0v) is 11.1. The Balaban J connectivity index is 2.00. The number of aliphatic carboxylic acids is 1. The van der Waals surface area contributed by atoms with Crippen molar-refractivity contribution in [2.45, 2.75) is 12.5 Å². The lowest BCUT2D eigenvalue weighted by molar-refractivity contribution is -0.143. The van der Waals surface area contributed by atoms with Gasteiger partial charge in [0.1, 0.15) is 5.82 Å². The molecular formula is C13H10F2N4O3. The predicted octanol–water partition coefficient (Wildman–Crippen LogP) is 0.907. The Morgan fingerprint density at radius 3 is 2.82 bits per heavy atom. The second-order valence-corrected chi connectivity index (χ2v) is 4.74. The Morgan fingerprint density at radius 2 is 2.14 bits per heavy atom. The SMILES string of the molecule is O=C(O)C1c2nc[nH]c2CCN1C(=O)c1ncc(F)cc1F. The number of hydrogen-bond donors (Lipinski definition) is 2. The lowest BCUT2D eigenvalue weighted by Gasteiger charge is -2.31. The first-order valence-corrected chi connectivity index (χ1v) is 6.36. The third kappa shape index (κ3) is 2.20. The molecule has 1 aliphatic heterocycles. The smallest absolute Gasteiger partial charge is 0.332 e. The molecule has 0 fully saturated rings. The largest absolute Gasteiger partial charge is 0.479 e. The first kappa shape index (κ1) is 14.1. The van der Waals surface area contributed by atoms with Crippen LogP contribution in [0.15, 0.2) is 18.6 Å². The van der Waals surface area contributed by atoms with E-state index in [1.165, 1.54) is 6.33 Å². The van der Waals surface area contributed by atoms with E-state index in [0.717, 1.165) is 4.90 Å². The summed E-state index contributed by atoms with van der Waals surface area (Å²) in [6.07, 6.45) is 2.40. The number of carboxylic acids is 1. The standard InChI is InChI=1S/C13H10F2N4O3/c14-6-3-7(15)9(16-4-6)12(20)19-2-1-8-10(18-5-17-8)11(19)13(21)22/h3-5,11H,1-2H2,(H,17,18)(H,21,22). The third-order valence-corrected chi connectivity index (χ3v) is 3.43. The minimum Gasteiger partial charge on any atom is -0.479 e. The highest BCUT2D eigenvalue weighted by atomic mass is 19.1. The molecule has 114 valence electrons. The number of halogens is 2. The number of rotatable bonds is 2. The molecule has 1 amide bonds. The number of nitrogens with one attached hydrogen (secondary N) is 1. The van der Waals surface area contributed by atoms with Crippen LogP contribution < -0.4 is 0 Å². The minimum absolute atomic E-state index is 0.0590. The van der Waals surface area contributed by atoms with Crippen LogP contribution in [-0.4, -0.2) is 43.4 Å². The monoisotopic (exact) mass is 308 g/mol. The first-order chi connectivity index (χ1) is 10.5. The van der Waals surface area contributed by atoms with Crippen LogP contribution in [0.25, 0.3) is 0 Å². The fraction of sp³-hybridized carbons (Fsp3) is 0.231. The summed E-state index contributed by atoms with van der Waals surface area (Å²) in [5.41, 5.74) is 0.199. The average molecular weight is 308 g/mol. The van der Waals surface area contributed by atoms with Gasteiger partial charge in [0.15, 0.2) is 17.6 Å². The molecule has 22 heavy (non-hydrogen) atoms. The van der Waals surface area contributed by atoms with Crippen molar-refractivity contribution in [2.24, 2.45) is 0 Å². The Kier molecular flexibility index (Phi) is 3.32. The highest BCUT2D eigenvalue weighted by molar-refractivity contribution is 5.95. The normalized spacial score (nSPS) is 17.2. The number of amides is 1. The van der Waals surface area contributed by atoms with Gasteiger partial charge in [-0.2, -0.15) is 0 Å². The second-order valence-electron chi connectivity index (χ2n) is 4.74. The second kappa shape index (κ2) is 5.17. The average Bonchev–Trinajstić information content (AvgIpc) is 2.93. The van der Waals surface area contributed by atoms with Crippen molar-refractivity contribution >= 4 is 11.9 Å². The van der Waals surface area contributed by atoms with E-state index in [-0.39, 0.29) is 12.2 Å².